The van der Waals surface area contributed by atoms with E-state index in [1.54, 1.807) is 6.33 Å². The third-order valence-electron chi connectivity index (χ3n) is 2.92. The van der Waals surface area contributed by atoms with Crippen molar-refractivity contribution in [1.29, 1.82) is 0 Å². The van der Waals surface area contributed by atoms with Gasteiger partial charge in [0.1, 0.15) is 11.8 Å². The Morgan fingerprint density at radius 2 is 1.80 bits per heavy atom. The van der Waals surface area contributed by atoms with Crippen LogP contribution in [0, 0.1) is 0 Å². The molecule has 0 bridgehead atoms. The van der Waals surface area contributed by atoms with Gasteiger partial charge in [0.15, 0.2) is 11.5 Å². The molecule has 0 unspecified atom stereocenters. The molecule has 0 aliphatic carbocycles. The predicted molar refractivity (Wildman–Crippen MR) is 77.6 cm³/mol. The minimum absolute atomic E-state index is 0. The van der Waals surface area contributed by atoms with E-state index in [1.807, 2.05) is 9.47 Å². The van der Waals surface area contributed by atoms with Crippen molar-refractivity contribution in [1.82, 2.24) is 24.4 Å². The summed E-state index contributed by atoms with van der Waals surface area (Å²) in [4.78, 5) is 14.2. The van der Waals surface area contributed by atoms with E-state index in [0.29, 0.717) is 43.2 Å². The van der Waals surface area contributed by atoms with E-state index in [-0.39, 0.29) is 25.6 Å². The second-order valence-electron chi connectivity index (χ2n) is 4.16. The smallest absolute Gasteiger partial charge is 0.165 e. The van der Waals surface area contributed by atoms with Crippen LogP contribution in [-0.4, -0.2) is 67.5 Å². The van der Waals surface area contributed by atoms with Crippen LogP contribution in [0.2, 0.25) is 0 Å². The van der Waals surface area contributed by atoms with Crippen molar-refractivity contribution in [3.8, 4) is 0 Å². The highest BCUT2D eigenvalue weighted by molar-refractivity contribution is 5.85. The maximum absolute atomic E-state index is 8.95. The van der Waals surface area contributed by atoms with Crippen LogP contribution in [0.1, 0.15) is 0 Å². The molecule has 2 aromatic heterocycles. The number of nitrogens with two attached hydrogens (primary N) is 1. The molecular weight excluding hydrogens is 284 g/mol. The lowest BCUT2D eigenvalue weighted by Crippen LogP contribution is -2.32. The number of fused-ring (bicyclic) bond motifs is 1. The number of aromatic nitrogens is 4. The fourth-order valence-corrected chi connectivity index (χ4v) is 1.93. The van der Waals surface area contributed by atoms with Crippen LogP contribution in [0.3, 0.4) is 0 Å². The first-order valence-corrected chi connectivity index (χ1v) is 6.11. The standard InChI is InChI=1S/C11H18N6O2.ClH/c12-10-9-11(14-7-13-10)17(8-15-9)2-1-16(3-5-18)4-6-19;/h7-8,18-19H,1-6H2,(H2,12,13,14);1H. The van der Waals surface area contributed by atoms with E-state index >= 15 is 0 Å². The van der Waals surface area contributed by atoms with Crippen LogP contribution in [0.5, 0.6) is 0 Å². The van der Waals surface area contributed by atoms with Gasteiger partial charge in [-0.3, -0.25) is 4.90 Å². The molecule has 0 aliphatic heterocycles. The van der Waals surface area contributed by atoms with E-state index in [0.717, 1.165) is 0 Å². The number of rotatable bonds is 7. The number of anilines is 1. The van der Waals surface area contributed by atoms with E-state index in [9.17, 15) is 0 Å². The van der Waals surface area contributed by atoms with E-state index in [4.69, 9.17) is 15.9 Å². The molecule has 2 rings (SSSR count). The second-order valence-corrected chi connectivity index (χ2v) is 4.16. The Bertz CT molecular complexity index is 529. The summed E-state index contributed by atoms with van der Waals surface area (Å²) >= 11 is 0. The number of hydrogen-bond acceptors (Lipinski definition) is 7. The molecule has 112 valence electrons. The van der Waals surface area contributed by atoms with Crippen LogP contribution in [0.25, 0.3) is 11.2 Å². The molecular formula is C11H19ClN6O2. The summed E-state index contributed by atoms with van der Waals surface area (Å²) in [5.74, 6) is 0.367. The Hall–Kier alpha value is -1.48. The van der Waals surface area contributed by atoms with Gasteiger partial charge in [0.05, 0.1) is 19.5 Å². The van der Waals surface area contributed by atoms with Crippen molar-refractivity contribution in [3.63, 3.8) is 0 Å². The number of nitrogens with zero attached hydrogens (tertiary/aromatic N) is 5. The van der Waals surface area contributed by atoms with Crippen molar-refractivity contribution in [3.05, 3.63) is 12.7 Å². The lowest BCUT2D eigenvalue weighted by atomic mass is 10.4. The normalized spacial score (nSPS) is 10.9. The number of nitrogen functional groups attached to an aromatic ring is 1. The summed E-state index contributed by atoms with van der Waals surface area (Å²) in [5, 5.41) is 17.9. The van der Waals surface area contributed by atoms with Crippen molar-refractivity contribution >= 4 is 29.4 Å². The van der Waals surface area contributed by atoms with Gasteiger partial charge >= 0.3 is 0 Å². The van der Waals surface area contributed by atoms with Crippen LogP contribution in [0.4, 0.5) is 5.82 Å². The Morgan fingerprint density at radius 3 is 2.45 bits per heavy atom. The zero-order chi connectivity index (χ0) is 13.7. The number of imidazole rings is 1. The van der Waals surface area contributed by atoms with Crippen LogP contribution in [0.15, 0.2) is 12.7 Å². The summed E-state index contributed by atoms with van der Waals surface area (Å²) in [6.07, 6.45) is 3.08. The van der Waals surface area contributed by atoms with E-state index < -0.39 is 0 Å². The quantitative estimate of drug-likeness (QED) is 0.608. The van der Waals surface area contributed by atoms with Gasteiger partial charge in [-0.1, -0.05) is 0 Å². The fraction of sp³-hybridized carbons (Fsp3) is 0.545. The van der Waals surface area contributed by atoms with Gasteiger partial charge in [0.25, 0.3) is 0 Å². The first-order valence-electron chi connectivity index (χ1n) is 6.11. The highest BCUT2D eigenvalue weighted by Crippen LogP contribution is 2.13. The molecule has 0 saturated heterocycles. The highest BCUT2D eigenvalue weighted by atomic mass is 35.5. The number of hydrogen-bond donors (Lipinski definition) is 3. The van der Waals surface area contributed by atoms with Crippen molar-refractivity contribution < 1.29 is 10.2 Å². The zero-order valence-electron chi connectivity index (χ0n) is 11.0. The lowest BCUT2D eigenvalue weighted by Gasteiger charge is -2.20. The zero-order valence-corrected chi connectivity index (χ0v) is 11.8. The molecule has 0 atom stereocenters. The van der Waals surface area contributed by atoms with Crippen LogP contribution >= 0.6 is 12.4 Å². The maximum Gasteiger partial charge on any atom is 0.165 e. The molecule has 0 spiro atoms. The second kappa shape index (κ2) is 7.95. The summed E-state index contributed by atoms with van der Waals surface area (Å²) in [5.41, 5.74) is 7.01. The molecule has 0 aliphatic rings. The Morgan fingerprint density at radius 1 is 1.10 bits per heavy atom. The lowest BCUT2D eigenvalue weighted by molar-refractivity contribution is 0.157. The molecule has 2 heterocycles. The minimum Gasteiger partial charge on any atom is -0.395 e. The predicted octanol–water partition coefficient (Wildman–Crippen LogP) is -0.883. The summed E-state index contributed by atoms with van der Waals surface area (Å²) in [7, 11) is 0. The molecule has 0 radical (unpaired) electrons. The highest BCUT2D eigenvalue weighted by Gasteiger charge is 2.09. The van der Waals surface area contributed by atoms with Crippen LogP contribution < -0.4 is 5.73 Å². The largest absolute Gasteiger partial charge is 0.395 e. The molecule has 4 N–H and O–H groups in total. The average molecular weight is 303 g/mol. The van der Waals surface area contributed by atoms with Gasteiger partial charge in [-0.2, -0.15) is 0 Å². The number of aliphatic hydroxyl groups is 2. The summed E-state index contributed by atoms with van der Waals surface area (Å²) < 4.78 is 1.88. The van der Waals surface area contributed by atoms with Gasteiger partial charge in [-0.15, -0.1) is 12.4 Å². The van der Waals surface area contributed by atoms with Crippen LogP contribution in [-0.2, 0) is 6.54 Å². The minimum atomic E-state index is 0. The first-order chi connectivity index (χ1) is 9.26. The van der Waals surface area contributed by atoms with Crippen molar-refractivity contribution in [2.45, 2.75) is 6.54 Å². The molecule has 0 saturated carbocycles. The molecule has 2 aromatic rings. The monoisotopic (exact) mass is 302 g/mol. The fourth-order valence-electron chi connectivity index (χ4n) is 1.93. The third kappa shape index (κ3) is 3.76. The Balaban J connectivity index is 0.00000200. The topological polar surface area (TPSA) is 113 Å². The summed E-state index contributed by atoms with van der Waals surface area (Å²) in [6.45, 7) is 2.55. The molecule has 20 heavy (non-hydrogen) atoms. The molecule has 0 aromatic carbocycles. The Kier molecular flexibility index (Phi) is 6.59. The van der Waals surface area contributed by atoms with Gasteiger partial charge in [0.2, 0.25) is 0 Å². The SMILES string of the molecule is Cl.Nc1ncnc2c1ncn2CCN(CCO)CCO. The first kappa shape index (κ1) is 16.6. The van der Waals surface area contributed by atoms with Crippen molar-refractivity contribution in [2.75, 3.05) is 38.6 Å². The van der Waals surface area contributed by atoms with Gasteiger partial charge in [-0.05, 0) is 0 Å². The Labute approximate surface area is 122 Å². The van der Waals surface area contributed by atoms with Gasteiger partial charge in [-0.25, -0.2) is 15.0 Å². The average Bonchev–Trinajstić information content (AvgIpc) is 2.81. The van der Waals surface area contributed by atoms with E-state index in [2.05, 4.69) is 15.0 Å². The molecule has 9 heteroatoms. The van der Waals surface area contributed by atoms with Crippen molar-refractivity contribution in [2.24, 2.45) is 0 Å². The summed E-state index contributed by atoms with van der Waals surface area (Å²) in [6, 6.07) is 0. The van der Waals surface area contributed by atoms with Gasteiger partial charge < -0.3 is 20.5 Å². The van der Waals surface area contributed by atoms with E-state index in [1.165, 1.54) is 6.33 Å². The number of halogens is 1. The maximum atomic E-state index is 8.95. The molecule has 8 nitrogen and oxygen atoms in total. The molecule has 0 fully saturated rings. The third-order valence-corrected chi connectivity index (χ3v) is 2.92. The van der Waals surface area contributed by atoms with Gasteiger partial charge in [0, 0.05) is 26.2 Å². The number of aliphatic hydroxyl groups excluding tert-OH is 2. The molecule has 0 amide bonds.